The van der Waals surface area contributed by atoms with Gasteiger partial charge in [-0.2, -0.15) is 0 Å². The maximum Gasteiger partial charge on any atom is 0.317 e. The van der Waals surface area contributed by atoms with E-state index in [9.17, 15) is 29.7 Å². The first-order valence-electron chi connectivity index (χ1n) is 22.1. The zero-order valence-electron chi connectivity index (χ0n) is 40.9. The first kappa shape index (κ1) is 53.7. The van der Waals surface area contributed by atoms with Gasteiger partial charge >= 0.3 is 17.9 Å². The summed E-state index contributed by atoms with van der Waals surface area (Å²) in [4.78, 5) is 43.1. The minimum Gasteiger partial charge on any atom is -0.496 e. The monoisotopic (exact) mass is 981 g/mol. The Morgan fingerprint density at radius 3 is 0.884 bits per heavy atom. The normalized spacial score (nSPS) is 14.7. The van der Waals surface area contributed by atoms with Gasteiger partial charge in [-0.3, -0.25) is 34.0 Å². The lowest BCUT2D eigenvalue weighted by Crippen LogP contribution is -2.48. The fraction of sp³-hybridized carbons (Fsp3) is 0.449. The Kier molecular flexibility index (Phi) is 19.8. The molecule has 0 atom stereocenters. The van der Waals surface area contributed by atoms with Crippen LogP contribution in [0.15, 0.2) is 60.7 Å². The van der Waals surface area contributed by atoms with Gasteiger partial charge in [-0.25, -0.2) is 0 Å². The van der Waals surface area contributed by atoms with Crippen LogP contribution in [0.5, 0.6) is 51.7 Å². The van der Waals surface area contributed by atoms with Gasteiger partial charge in [-0.15, -0.1) is 0 Å². The van der Waals surface area contributed by atoms with E-state index in [1.165, 1.54) is 0 Å². The molecule has 0 radical (unpaired) electrons. The van der Waals surface area contributed by atoms with Gasteiger partial charge in [0.2, 0.25) is 0 Å². The number of methoxy groups -OCH3 is 9. The van der Waals surface area contributed by atoms with Crippen molar-refractivity contribution in [3.05, 3.63) is 71.8 Å². The quantitative estimate of drug-likeness (QED) is 0.0967. The van der Waals surface area contributed by atoms with Crippen LogP contribution in [-0.4, -0.2) is 189 Å². The van der Waals surface area contributed by atoms with Crippen molar-refractivity contribution < 1.29 is 72.3 Å². The van der Waals surface area contributed by atoms with Crippen molar-refractivity contribution in [3.63, 3.8) is 0 Å². The highest BCUT2D eigenvalue weighted by Gasteiger charge is 2.58. The Balaban J connectivity index is 1.71. The molecule has 0 unspecified atom stereocenters. The van der Waals surface area contributed by atoms with Crippen LogP contribution in [0.25, 0.3) is 0 Å². The van der Waals surface area contributed by atoms with Gasteiger partial charge in [0.05, 0.1) is 89.8 Å². The molecular weight excluding hydrogens is 916 g/mol. The molecule has 0 saturated carbocycles. The first-order chi connectivity index (χ1) is 33.2. The number of carboxylic acid groups (broad SMARTS) is 3. The molecule has 4 aromatic carbocycles. The largest absolute Gasteiger partial charge is 0.496 e. The molecule has 0 amide bonds. The summed E-state index contributed by atoms with van der Waals surface area (Å²) in [6.07, 6.45) is 0.307. The van der Waals surface area contributed by atoms with E-state index in [0.717, 1.165) is 11.1 Å². The summed E-state index contributed by atoms with van der Waals surface area (Å²) in [5, 5.41) is 31.1. The third kappa shape index (κ3) is 13.3. The highest BCUT2D eigenvalue weighted by atomic mass is 31.2. The summed E-state index contributed by atoms with van der Waals surface area (Å²) < 4.78 is 55.0. The van der Waals surface area contributed by atoms with Gasteiger partial charge in [0.15, 0.2) is 50.4 Å². The number of benzene rings is 4. The first-order valence-corrected chi connectivity index (χ1v) is 24.1. The number of hydrogen-bond donors (Lipinski definition) is 3. The molecule has 376 valence electrons. The van der Waals surface area contributed by atoms with Crippen LogP contribution >= 0.6 is 7.26 Å². The van der Waals surface area contributed by atoms with Crippen molar-refractivity contribution in [1.82, 2.24) is 19.6 Å². The second-order valence-electron chi connectivity index (χ2n) is 16.2. The Morgan fingerprint density at radius 1 is 0.406 bits per heavy atom. The molecule has 1 aliphatic rings. The lowest BCUT2D eigenvalue weighted by Gasteiger charge is -2.34. The van der Waals surface area contributed by atoms with E-state index < -0.39 is 25.2 Å². The highest BCUT2D eigenvalue weighted by Crippen LogP contribution is 2.68. The molecule has 0 spiro atoms. The molecular formula is C49H66N4O15P+. The molecule has 3 N–H and O–H groups in total. The van der Waals surface area contributed by atoms with Gasteiger partial charge in [0.1, 0.15) is 24.5 Å². The second-order valence-corrected chi connectivity index (χ2v) is 19.5. The molecule has 1 saturated heterocycles. The number of aliphatic carboxylic acids is 3. The predicted molar refractivity (Wildman–Crippen MR) is 262 cm³/mol. The molecule has 1 fully saturated rings. The molecule has 5 rings (SSSR count). The predicted octanol–water partition coefficient (Wildman–Crippen LogP) is 3.23. The topological polar surface area (TPSA) is 208 Å². The summed E-state index contributed by atoms with van der Waals surface area (Å²) in [5.74, 6) is 1.23. The Morgan fingerprint density at radius 2 is 0.652 bits per heavy atom. The van der Waals surface area contributed by atoms with Crippen molar-refractivity contribution in [3.8, 4) is 51.7 Å². The molecule has 0 aromatic heterocycles. The van der Waals surface area contributed by atoms with Crippen LogP contribution in [0.1, 0.15) is 11.1 Å². The molecule has 69 heavy (non-hydrogen) atoms. The molecule has 20 heteroatoms. The van der Waals surface area contributed by atoms with E-state index in [0.29, 0.717) is 133 Å². The third-order valence-corrected chi connectivity index (χ3v) is 16.5. The molecule has 0 bridgehead atoms. The van der Waals surface area contributed by atoms with Crippen LogP contribution in [0.2, 0.25) is 0 Å². The maximum atomic E-state index is 11.9. The average Bonchev–Trinajstić information content (AvgIpc) is 3.35. The van der Waals surface area contributed by atoms with E-state index in [1.54, 1.807) is 115 Å². The van der Waals surface area contributed by atoms with Gasteiger partial charge in [-0.05, 0) is 11.1 Å². The molecule has 1 heterocycles. The van der Waals surface area contributed by atoms with Crippen LogP contribution in [0.4, 0.5) is 0 Å². The Bertz CT molecular complexity index is 2110. The summed E-state index contributed by atoms with van der Waals surface area (Å²) in [6.45, 7) is 2.78. The zero-order valence-corrected chi connectivity index (χ0v) is 41.8. The van der Waals surface area contributed by atoms with Crippen molar-refractivity contribution in [1.29, 1.82) is 0 Å². The Hall–Kier alpha value is -6.24. The van der Waals surface area contributed by atoms with Crippen LogP contribution in [0, 0.1) is 0 Å². The van der Waals surface area contributed by atoms with E-state index in [-0.39, 0.29) is 19.6 Å². The van der Waals surface area contributed by atoms with Crippen LogP contribution in [-0.2, 0) is 27.1 Å². The van der Waals surface area contributed by atoms with Crippen LogP contribution in [0.3, 0.4) is 0 Å². The van der Waals surface area contributed by atoms with E-state index >= 15 is 0 Å². The molecule has 19 nitrogen and oxygen atoms in total. The summed E-state index contributed by atoms with van der Waals surface area (Å²) >= 11 is 0. The van der Waals surface area contributed by atoms with Gasteiger partial charge in [0.25, 0.3) is 0 Å². The molecule has 0 aliphatic carbocycles. The number of carboxylic acids is 3. The fourth-order valence-corrected chi connectivity index (χ4v) is 13.8. The van der Waals surface area contributed by atoms with Crippen molar-refractivity contribution >= 4 is 41.1 Å². The van der Waals surface area contributed by atoms with E-state index in [1.807, 2.05) is 12.1 Å². The summed E-state index contributed by atoms with van der Waals surface area (Å²) in [5.41, 5.74) is 1.85. The SMILES string of the molecule is COc1cc(OC)c([P+](Cc2ccc(CN3CCN(CC(=O)O)CCN(CC(=O)O)CCN(CC(=O)O)CC3)cc2)(c2c(OC)cc(OC)cc2OC)c2c(OC)cc(OC)cc2OC)c(OC)c1. The third-order valence-electron chi connectivity index (χ3n) is 12.1. The number of hydrogen-bond acceptors (Lipinski definition) is 16. The van der Waals surface area contributed by atoms with Gasteiger partial charge < -0.3 is 58.0 Å². The van der Waals surface area contributed by atoms with Crippen molar-refractivity contribution in [2.45, 2.75) is 12.7 Å². The lowest BCUT2D eigenvalue weighted by atomic mass is 10.1. The van der Waals surface area contributed by atoms with Crippen molar-refractivity contribution in [2.24, 2.45) is 0 Å². The number of rotatable bonds is 22. The Labute approximate surface area is 404 Å². The lowest BCUT2D eigenvalue weighted by molar-refractivity contribution is -0.140. The van der Waals surface area contributed by atoms with Crippen molar-refractivity contribution in [2.75, 3.05) is 136 Å². The zero-order chi connectivity index (χ0) is 50.3. The molecule has 1 aliphatic heterocycles. The van der Waals surface area contributed by atoms with Gasteiger partial charge in [-0.1, -0.05) is 24.3 Å². The van der Waals surface area contributed by atoms with E-state index in [2.05, 4.69) is 17.0 Å². The number of nitrogens with zero attached hydrogens (tertiary/aromatic N) is 4. The average molecular weight is 982 g/mol. The summed E-state index contributed by atoms with van der Waals surface area (Å²) in [6, 6.07) is 19.0. The summed E-state index contributed by atoms with van der Waals surface area (Å²) in [7, 11) is 10.8. The maximum absolute atomic E-state index is 11.9. The minimum atomic E-state index is -3.39. The van der Waals surface area contributed by atoms with Crippen LogP contribution < -0.4 is 58.5 Å². The van der Waals surface area contributed by atoms with E-state index in [4.69, 9.17) is 42.6 Å². The fourth-order valence-electron chi connectivity index (χ4n) is 8.73. The number of ether oxygens (including phenoxy) is 9. The minimum absolute atomic E-state index is 0.212. The highest BCUT2D eigenvalue weighted by molar-refractivity contribution is 7.96. The molecule has 4 aromatic rings. The smallest absolute Gasteiger partial charge is 0.317 e. The number of carbonyl (C=O) groups is 3. The van der Waals surface area contributed by atoms with Gasteiger partial charge in [0, 0.05) is 95.3 Å². The second kappa shape index (κ2) is 25.4. The standard InChI is InChI=1S/C49H65N4O15P/c1-60-35-22-38(63-4)47(39(23-35)64-5)69(48-40(65-6)24-36(61-2)25-41(48)66-7,49-42(67-8)26-37(62-3)27-43(49)68-9)32-34-12-10-33(11-13-34)28-50-14-16-51(29-44(54)55)18-20-53(31-46(58)59)21-19-52(17-15-50)30-45(56)57/h10-13,22-27H,14-21,28-32H2,1-9H3,(H2-,54,55,56,57,58,59)/p+1.